The molecule has 1 aliphatic rings. The van der Waals surface area contributed by atoms with Gasteiger partial charge in [-0.15, -0.1) is 5.10 Å². The molecule has 1 aromatic heterocycles. The molecule has 0 bridgehead atoms. The number of amides is 1. The van der Waals surface area contributed by atoms with E-state index in [1.54, 1.807) is 4.57 Å². The second-order valence-electron chi connectivity index (χ2n) is 5.51. The van der Waals surface area contributed by atoms with Gasteiger partial charge in [0, 0.05) is 12.6 Å². The number of aromatic nitrogens is 3. The summed E-state index contributed by atoms with van der Waals surface area (Å²) in [4.78, 5) is 23.6. The maximum atomic E-state index is 12.0. The second kappa shape index (κ2) is 8.26. The van der Waals surface area contributed by atoms with Crippen LogP contribution in [-0.2, 0) is 11.3 Å². The average Bonchev–Trinajstić information content (AvgIpc) is 2.84. The molecule has 2 N–H and O–H groups in total. The molecule has 1 aromatic rings. The number of carbonyl (C=O) groups is 1. The molecule has 2 rings (SSSR count). The van der Waals surface area contributed by atoms with Crippen molar-refractivity contribution in [1.82, 2.24) is 20.1 Å². The number of aromatic amines is 1. The molecule has 0 atom stereocenters. The topological polar surface area (TPSA) is 79.8 Å². The van der Waals surface area contributed by atoms with E-state index in [9.17, 15) is 9.59 Å². The molecule has 21 heavy (non-hydrogen) atoms. The number of rotatable bonds is 7. The lowest BCUT2D eigenvalue weighted by Gasteiger charge is -2.22. The standard InChI is InChI=1S/C14H24N4O2S/c1-2-3-9-18-13(20)16-17-14(18)21-10-12(19)15-11-7-5-4-6-8-11/h11H,2-10H2,1H3,(H,15,19)(H,16,20). The fourth-order valence-corrected chi connectivity index (χ4v) is 3.36. The smallest absolute Gasteiger partial charge is 0.343 e. The van der Waals surface area contributed by atoms with Gasteiger partial charge >= 0.3 is 5.69 Å². The van der Waals surface area contributed by atoms with Crippen molar-refractivity contribution in [3.63, 3.8) is 0 Å². The van der Waals surface area contributed by atoms with Crippen molar-refractivity contribution in [2.24, 2.45) is 0 Å². The van der Waals surface area contributed by atoms with Crippen LogP contribution in [0.2, 0.25) is 0 Å². The molecule has 6 nitrogen and oxygen atoms in total. The Morgan fingerprint density at radius 2 is 2.19 bits per heavy atom. The molecule has 7 heteroatoms. The summed E-state index contributed by atoms with van der Waals surface area (Å²) >= 11 is 1.32. The quantitative estimate of drug-likeness (QED) is 0.754. The normalized spacial score (nSPS) is 16.0. The van der Waals surface area contributed by atoms with E-state index >= 15 is 0 Å². The number of H-pyrrole nitrogens is 1. The highest BCUT2D eigenvalue weighted by molar-refractivity contribution is 7.99. The van der Waals surface area contributed by atoms with Crippen LogP contribution in [0.25, 0.3) is 0 Å². The lowest BCUT2D eigenvalue weighted by molar-refractivity contribution is -0.119. The van der Waals surface area contributed by atoms with Gasteiger partial charge in [0.1, 0.15) is 0 Å². The van der Waals surface area contributed by atoms with Crippen molar-refractivity contribution < 1.29 is 4.79 Å². The minimum atomic E-state index is -0.196. The molecule has 0 aromatic carbocycles. The Balaban J connectivity index is 1.81. The van der Waals surface area contributed by atoms with Crippen LogP contribution >= 0.6 is 11.8 Å². The molecule has 0 aliphatic heterocycles. The second-order valence-corrected chi connectivity index (χ2v) is 6.45. The molecule has 118 valence electrons. The first-order valence-electron chi connectivity index (χ1n) is 7.78. The molecule has 1 aliphatic carbocycles. The van der Waals surface area contributed by atoms with Gasteiger partial charge in [-0.25, -0.2) is 9.89 Å². The van der Waals surface area contributed by atoms with E-state index in [4.69, 9.17) is 0 Å². The highest BCUT2D eigenvalue weighted by atomic mass is 32.2. The summed E-state index contributed by atoms with van der Waals surface area (Å²) in [6.07, 6.45) is 7.80. The molecule has 0 saturated heterocycles. The fourth-order valence-electron chi connectivity index (χ4n) is 2.57. The number of thioether (sulfide) groups is 1. The third-order valence-corrected chi connectivity index (χ3v) is 4.74. The number of unbranched alkanes of at least 4 members (excludes halogenated alkanes) is 1. The first-order chi connectivity index (χ1) is 10.2. The highest BCUT2D eigenvalue weighted by Gasteiger charge is 2.16. The van der Waals surface area contributed by atoms with Gasteiger partial charge in [0.05, 0.1) is 5.75 Å². The van der Waals surface area contributed by atoms with Gasteiger partial charge in [0.25, 0.3) is 0 Å². The molecule has 1 amide bonds. The molecule has 1 saturated carbocycles. The first-order valence-corrected chi connectivity index (χ1v) is 8.76. The number of hydrogen-bond donors (Lipinski definition) is 2. The predicted molar refractivity (Wildman–Crippen MR) is 83.5 cm³/mol. The van der Waals surface area contributed by atoms with Gasteiger partial charge in [-0.2, -0.15) is 0 Å². The Kier molecular flexibility index (Phi) is 6.35. The van der Waals surface area contributed by atoms with Crippen LogP contribution in [0.1, 0.15) is 51.9 Å². The summed E-state index contributed by atoms with van der Waals surface area (Å²) < 4.78 is 1.61. The number of nitrogens with one attached hydrogen (secondary N) is 2. The minimum absolute atomic E-state index is 0.0318. The molecular formula is C14H24N4O2S. The zero-order chi connectivity index (χ0) is 15.1. The zero-order valence-electron chi connectivity index (χ0n) is 12.6. The maximum Gasteiger partial charge on any atom is 0.343 e. The monoisotopic (exact) mass is 312 g/mol. The van der Waals surface area contributed by atoms with Crippen molar-refractivity contribution in [2.45, 2.75) is 69.6 Å². The fraction of sp³-hybridized carbons (Fsp3) is 0.786. The van der Waals surface area contributed by atoms with Gasteiger partial charge in [-0.3, -0.25) is 9.36 Å². The van der Waals surface area contributed by atoms with Gasteiger partial charge in [-0.1, -0.05) is 44.4 Å². The Morgan fingerprint density at radius 3 is 2.90 bits per heavy atom. The maximum absolute atomic E-state index is 12.0. The molecule has 1 fully saturated rings. The van der Waals surface area contributed by atoms with E-state index in [0.29, 0.717) is 23.5 Å². The first kappa shape index (κ1) is 16.1. The molecule has 0 unspecified atom stereocenters. The van der Waals surface area contributed by atoms with E-state index < -0.39 is 0 Å². The SMILES string of the molecule is CCCCn1c(SCC(=O)NC2CCCCC2)n[nH]c1=O. The van der Waals surface area contributed by atoms with E-state index in [-0.39, 0.29) is 11.6 Å². The Hall–Kier alpha value is -1.24. The highest BCUT2D eigenvalue weighted by Crippen LogP contribution is 2.18. The summed E-state index contributed by atoms with van der Waals surface area (Å²) in [6, 6.07) is 0.327. The van der Waals surface area contributed by atoms with E-state index in [1.807, 2.05) is 0 Å². The van der Waals surface area contributed by atoms with E-state index in [2.05, 4.69) is 22.4 Å². The molecule has 1 heterocycles. The van der Waals surface area contributed by atoms with Crippen LogP contribution in [-0.4, -0.2) is 32.5 Å². The summed E-state index contributed by atoms with van der Waals surface area (Å²) in [5, 5.41) is 10.1. The van der Waals surface area contributed by atoms with Gasteiger partial charge in [0.15, 0.2) is 5.16 Å². The Morgan fingerprint density at radius 1 is 1.43 bits per heavy atom. The summed E-state index contributed by atoms with van der Waals surface area (Å²) in [6.45, 7) is 2.73. The lowest BCUT2D eigenvalue weighted by atomic mass is 9.95. The number of carbonyl (C=O) groups excluding carboxylic acids is 1. The van der Waals surface area contributed by atoms with Gasteiger partial charge in [-0.05, 0) is 19.3 Å². The van der Waals surface area contributed by atoms with Gasteiger partial charge in [0.2, 0.25) is 5.91 Å². The van der Waals surface area contributed by atoms with Crippen LogP contribution in [0.15, 0.2) is 9.95 Å². The van der Waals surface area contributed by atoms with Crippen LogP contribution in [0, 0.1) is 0 Å². The van der Waals surface area contributed by atoms with Crippen molar-refractivity contribution in [3.05, 3.63) is 10.5 Å². The largest absolute Gasteiger partial charge is 0.353 e. The lowest BCUT2D eigenvalue weighted by Crippen LogP contribution is -2.37. The number of nitrogens with zero attached hydrogens (tertiary/aromatic N) is 2. The van der Waals surface area contributed by atoms with Crippen molar-refractivity contribution in [1.29, 1.82) is 0 Å². The molecular weight excluding hydrogens is 288 g/mol. The zero-order valence-corrected chi connectivity index (χ0v) is 13.4. The van der Waals surface area contributed by atoms with E-state index in [0.717, 1.165) is 25.7 Å². The van der Waals surface area contributed by atoms with Crippen LogP contribution in [0.3, 0.4) is 0 Å². The number of hydrogen-bond acceptors (Lipinski definition) is 4. The van der Waals surface area contributed by atoms with E-state index in [1.165, 1.54) is 31.0 Å². The average molecular weight is 312 g/mol. The Bertz CT molecular complexity index is 505. The summed E-state index contributed by atoms with van der Waals surface area (Å²) in [7, 11) is 0. The third-order valence-electron chi connectivity index (χ3n) is 3.76. The van der Waals surface area contributed by atoms with Crippen molar-refractivity contribution in [2.75, 3.05) is 5.75 Å². The predicted octanol–water partition coefficient (Wildman–Crippen LogP) is 1.91. The van der Waals surface area contributed by atoms with Crippen molar-refractivity contribution >= 4 is 17.7 Å². The summed E-state index contributed by atoms with van der Waals surface area (Å²) in [5.74, 6) is 0.344. The minimum Gasteiger partial charge on any atom is -0.353 e. The van der Waals surface area contributed by atoms with Crippen LogP contribution in [0.4, 0.5) is 0 Å². The molecule has 0 radical (unpaired) electrons. The van der Waals surface area contributed by atoms with Crippen LogP contribution in [0.5, 0.6) is 0 Å². The van der Waals surface area contributed by atoms with Crippen LogP contribution < -0.4 is 11.0 Å². The summed E-state index contributed by atoms with van der Waals surface area (Å²) in [5.41, 5.74) is -0.196. The third kappa shape index (κ3) is 4.91. The Labute approximate surface area is 129 Å². The van der Waals surface area contributed by atoms with Crippen molar-refractivity contribution in [3.8, 4) is 0 Å². The molecule has 0 spiro atoms. The van der Waals surface area contributed by atoms with Gasteiger partial charge < -0.3 is 5.32 Å².